The fraction of sp³-hybridized carbons (Fsp3) is 0.273. The van der Waals surface area contributed by atoms with E-state index >= 15 is 0 Å². The number of benzene rings is 2. The Morgan fingerprint density at radius 3 is 2.44 bits per heavy atom. The average Bonchev–Trinajstić information content (AvgIpc) is 2.95. The van der Waals surface area contributed by atoms with Crippen molar-refractivity contribution in [2.24, 2.45) is 0 Å². The van der Waals surface area contributed by atoms with Crippen molar-refractivity contribution in [1.82, 2.24) is 4.90 Å². The predicted molar refractivity (Wildman–Crippen MR) is 103 cm³/mol. The molecule has 4 rings (SSSR count). The van der Waals surface area contributed by atoms with Crippen LogP contribution in [0.15, 0.2) is 57.7 Å². The Labute approximate surface area is 156 Å². The van der Waals surface area contributed by atoms with Crippen molar-refractivity contribution < 1.29 is 14.3 Å². The van der Waals surface area contributed by atoms with Gasteiger partial charge >= 0.3 is 0 Å². The summed E-state index contributed by atoms with van der Waals surface area (Å²) in [6.45, 7) is 4.17. The highest BCUT2D eigenvalue weighted by atomic mass is 16.3. The number of para-hydroxylation sites is 1. The molecular formula is C22H21NO4. The molecule has 1 aliphatic heterocycles. The van der Waals surface area contributed by atoms with Crippen molar-refractivity contribution in [1.29, 1.82) is 0 Å². The average molecular weight is 363 g/mol. The van der Waals surface area contributed by atoms with Crippen molar-refractivity contribution in [2.75, 3.05) is 13.2 Å². The Morgan fingerprint density at radius 2 is 1.78 bits per heavy atom. The lowest BCUT2D eigenvalue weighted by Gasteiger charge is -2.24. The van der Waals surface area contributed by atoms with E-state index in [0.29, 0.717) is 22.5 Å². The molecule has 0 unspecified atom stereocenters. The minimum Gasteiger partial charge on any atom is -0.450 e. The molecule has 0 saturated heterocycles. The summed E-state index contributed by atoms with van der Waals surface area (Å²) in [5.74, 6) is 0.101. The summed E-state index contributed by atoms with van der Waals surface area (Å²) in [4.78, 5) is 27.6. The maximum absolute atomic E-state index is 13.2. The molecule has 1 aliphatic rings. The molecule has 138 valence electrons. The first-order valence-electron chi connectivity index (χ1n) is 9.10. The summed E-state index contributed by atoms with van der Waals surface area (Å²) in [6.07, 6.45) is 0. The van der Waals surface area contributed by atoms with Crippen LogP contribution in [0.5, 0.6) is 0 Å². The van der Waals surface area contributed by atoms with Crippen LogP contribution in [0.4, 0.5) is 0 Å². The molecule has 0 bridgehead atoms. The quantitative estimate of drug-likeness (QED) is 0.771. The fourth-order valence-electron chi connectivity index (χ4n) is 3.72. The number of β-amino-alcohol motifs (C(OH)–C–C–N with tert-alkyl or cyclic N) is 1. The van der Waals surface area contributed by atoms with Gasteiger partial charge in [0.25, 0.3) is 5.91 Å². The predicted octanol–water partition coefficient (Wildman–Crippen LogP) is 3.45. The lowest BCUT2D eigenvalue weighted by Crippen LogP contribution is -2.32. The number of nitrogens with zero attached hydrogens (tertiary/aromatic N) is 1. The summed E-state index contributed by atoms with van der Waals surface area (Å²) < 4.78 is 5.81. The zero-order valence-electron chi connectivity index (χ0n) is 15.3. The molecule has 1 N–H and O–H groups in total. The van der Waals surface area contributed by atoms with Crippen LogP contribution in [0.1, 0.15) is 53.1 Å². The molecule has 1 aromatic heterocycles. The van der Waals surface area contributed by atoms with E-state index in [0.717, 1.165) is 5.56 Å². The third-order valence-corrected chi connectivity index (χ3v) is 5.13. The summed E-state index contributed by atoms with van der Waals surface area (Å²) in [5.41, 5.74) is 2.57. The minimum atomic E-state index is -0.554. The van der Waals surface area contributed by atoms with E-state index in [2.05, 4.69) is 13.8 Å². The van der Waals surface area contributed by atoms with Gasteiger partial charge in [-0.3, -0.25) is 9.59 Å². The van der Waals surface area contributed by atoms with Gasteiger partial charge in [-0.05, 0) is 29.2 Å². The SMILES string of the molecule is CC(C)c1ccc([C@@H]2c3c(oc4ccccc4c3=O)C(=O)N2CCO)cc1. The van der Waals surface area contributed by atoms with Crippen LogP contribution in [0.2, 0.25) is 0 Å². The van der Waals surface area contributed by atoms with Gasteiger partial charge in [-0.2, -0.15) is 0 Å². The molecule has 0 aliphatic carbocycles. The number of hydrogen-bond donors (Lipinski definition) is 1. The number of carbonyl (C=O) groups excluding carboxylic acids is 1. The maximum Gasteiger partial charge on any atom is 0.290 e. The summed E-state index contributed by atoms with van der Waals surface area (Å²) in [6, 6.07) is 14.3. The van der Waals surface area contributed by atoms with E-state index < -0.39 is 6.04 Å². The molecular weight excluding hydrogens is 342 g/mol. The van der Waals surface area contributed by atoms with Crippen molar-refractivity contribution in [3.05, 3.63) is 81.2 Å². The Balaban J connectivity index is 1.94. The van der Waals surface area contributed by atoms with Crippen LogP contribution >= 0.6 is 0 Å². The van der Waals surface area contributed by atoms with Crippen molar-refractivity contribution >= 4 is 16.9 Å². The van der Waals surface area contributed by atoms with Crippen LogP contribution in [0.25, 0.3) is 11.0 Å². The van der Waals surface area contributed by atoms with Gasteiger partial charge in [-0.1, -0.05) is 50.2 Å². The summed E-state index contributed by atoms with van der Waals surface area (Å²) in [5, 5.41) is 9.92. The summed E-state index contributed by atoms with van der Waals surface area (Å²) >= 11 is 0. The molecule has 5 heteroatoms. The lowest BCUT2D eigenvalue weighted by atomic mass is 9.95. The van der Waals surface area contributed by atoms with Crippen LogP contribution < -0.4 is 5.43 Å². The molecule has 0 radical (unpaired) electrons. The van der Waals surface area contributed by atoms with Gasteiger partial charge in [-0.15, -0.1) is 0 Å². The van der Waals surface area contributed by atoms with Gasteiger partial charge in [0, 0.05) is 6.54 Å². The van der Waals surface area contributed by atoms with E-state index in [1.54, 1.807) is 24.3 Å². The van der Waals surface area contributed by atoms with Gasteiger partial charge in [0.15, 0.2) is 5.43 Å². The Hall–Kier alpha value is -2.92. The van der Waals surface area contributed by atoms with Crippen LogP contribution in [-0.2, 0) is 0 Å². The molecule has 0 saturated carbocycles. The first kappa shape index (κ1) is 17.5. The highest BCUT2D eigenvalue weighted by Crippen LogP contribution is 2.38. The Kier molecular flexibility index (Phi) is 4.32. The third-order valence-electron chi connectivity index (χ3n) is 5.13. The second-order valence-corrected chi connectivity index (χ2v) is 7.12. The van der Waals surface area contributed by atoms with Crippen LogP contribution in [-0.4, -0.2) is 29.1 Å². The molecule has 0 fully saturated rings. The molecule has 5 nitrogen and oxygen atoms in total. The Bertz CT molecular complexity index is 1070. The monoisotopic (exact) mass is 363 g/mol. The van der Waals surface area contributed by atoms with Crippen LogP contribution in [0, 0.1) is 0 Å². The lowest BCUT2D eigenvalue weighted by molar-refractivity contribution is 0.0691. The largest absolute Gasteiger partial charge is 0.450 e. The number of hydrogen-bond acceptors (Lipinski definition) is 4. The summed E-state index contributed by atoms with van der Waals surface area (Å²) in [7, 11) is 0. The second kappa shape index (κ2) is 6.67. The molecule has 2 heterocycles. The smallest absolute Gasteiger partial charge is 0.290 e. The number of aliphatic hydroxyl groups excluding tert-OH is 1. The van der Waals surface area contributed by atoms with Crippen molar-refractivity contribution in [2.45, 2.75) is 25.8 Å². The second-order valence-electron chi connectivity index (χ2n) is 7.12. The fourth-order valence-corrected chi connectivity index (χ4v) is 3.72. The van der Waals surface area contributed by atoms with Gasteiger partial charge in [0.05, 0.1) is 23.6 Å². The van der Waals surface area contributed by atoms with E-state index in [4.69, 9.17) is 4.42 Å². The Morgan fingerprint density at radius 1 is 1.07 bits per heavy atom. The van der Waals surface area contributed by atoms with Crippen molar-refractivity contribution in [3.8, 4) is 0 Å². The normalized spacial score (nSPS) is 16.4. The number of rotatable bonds is 4. The maximum atomic E-state index is 13.2. The highest BCUT2D eigenvalue weighted by Gasteiger charge is 2.42. The number of carbonyl (C=O) groups is 1. The van der Waals surface area contributed by atoms with Gasteiger partial charge in [-0.25, -0.2) is 0 Å². The van der Waals surface area contributed by atoms with E-state index in [1.165, 1.54) is 10.5 Å². The van der Waals surface area contributed by atoms with Crippen LogP contribution in [0.3, 0.4) is 0 Å². The van der Waals surface area contributed by atoms with Crippen molar-refractivity contribution in [3.63, 3.8) is 0 Å². The number of amides is 1. The topological polar surface area (TPSA) is 70.8 Å². The minimum absolute atomic E-state index is 0.0742. The zero-order valence-corrected chi connectivity index (χ0v) is 15.3. The zero-order chi connectivity index (χ0) is 19.1. The van der Waals surface area contributed by atoms with E-state index in [-0.39, 0.29) is 30.2 Å². The van der Waals surface area contributed by atoms with Gasteiger partial charge in [0.1, 0.15) is 5.58 Å². The van der Waals surface area contributed by atoms with E-state index in [1.807, 2.05) is 24.3 Å². The molecule has 27 heavy (non-hydrogen) atoms. The first-order valence-corrected chi connectivity index (χ1v) is 9.10. The number of fused-ring (bicyclic) bond motifs is 2. The van der Waals surface area contributed by atoms with Gasteiger partial charge < -0.3 is 14.4 Å². The standard InChI is InChI=1S/C22H21NO4/c1-13(2)14-7-9-15(10-8-14)19-18-20(25)16-5-3-4-6-17(16)27-21(18)22(26)23(19)11-12-24/h3-10,13,19,24H,11-12H2,1-2H3/t19-/m1/s1. The molecule has 1 atom stereocenters. The van der Waals surface area contributed by atoms with E-state index in [9.17, 15) is 14.7 Å². The molecule has 2 aromatic carbocycles. The first-order chi connectivity index (χ1) is 13.0. The van der Waals surface area contributed by atoms with Gasteiger partial charge in [0.2, 0.25) is 5.76 Å². The third kappa shape index (κ3) is 2.75. The molecule has 3 aromatic rings. The number of aliphatic hydroxyl groups is 1. The molecule has 1 amide bonds. The molecule has 0 spiro atoms. The highest BCUT2D eigenvalue weighted by molar-refractivity contribution is 5.99.